The fourth-order valence-corrected chi connectivity index (χ4v) is 1.05. The van der Waals surface area contributed by atoms with Gasteiger partial charge >= 0.3 is 0 Å². The monoisotopic (exact) mass is 117 g/mol. The molecule has 1 aromatic carbocycles. The summed E-state index contributed by atoms with van der Waals surface area (Å²) in [7, 11) is 0. The van der Waals surface area contributed by atoms with Crippen LogP contribution in [0, 0.1) is 0 Å². The highest BCUT2D eigenvalue weighted by Gasteiger charge is 2.12. The van der Waals surface area contributed by atoms with E-state index in [0.717, 1.165) is 6.54 Å². The second-order valence-corrected chi connectivity index (χ2v) is 2.17. The van der Waals surface area contributed by atoms with Crippen molar-refractivity contribution in [3.8, 4) is 0 Å². The van der Waals surface area contributed by atoms with E-state index in [0.29, 0.717) is 0 Å². The first-order valence-corrected chi connectivity index (χ1v) is 3.04. The lowest BCUT2D eigenvalue weighted by Gasteiger charge is -1.85. The first-order chi connectivity index (χ1) is 4.47. The van der Waals surface area contributed by atoms with Crippen molar-refractivity contribution >= 4 is 6.21 Å². The van der Waals surface area contributed by atoms with E-state index in [9.17, 15) is 0 Å². The molecule has 0 saturated heterocycles. The highest BCUT2D eigenvalue weighted by molar-refractivity contribution is 5.83. The third kappa shape index (κ3) is 0.653. The Balaban J connectivity index is 2.63. The summed E-state index contributed by atoms with van der Waals surface area (Å²) in [6, 6.07) is 8.29. The molecule has 1 aliphatic rings. The van der Waals surface area contributed by atoms with Gasteiger partial charge in [-0.3, -0.25) is 0 Å². The third-order valence-corrected chi connectivity index (χ3v) is 1.55. The summed E-state index contributed by atoms with van der Waals surface area (Å²) in [6.45, 7) is 0.871. The van der Waals surface area contributed by atoms with Gasteiger partial charge in [-0.2, -0.15) is 0 Å². The summed E-state index contributed by atoms with van der Waals surface area (Å²) >= 11 is 0. The maximum absolute atomic E-state index is 4.13. The van der Waals surface area contributed by atoms with Crippen molar-refractivity contribution in [1.29, 1.82) is 0 Å². The number of aliphatic imine (C=N–C) groups is 1. The molecule has 0 aliphatic carbocycles. The van der Waals surface area contributed by atoms with Gasteiger partial charge in [-0.1, -0.05) is 18.2 Å². The van der Waals surface area contributed by atoms with Gasteiger partial charge in [0.15, 0.2) is 0 Å². The molecule has 2 rings (SSSR count). The predicted molar refractivity (Wildman–Crippen MR) is 37.4 cm³/mol. The van der Waals surface area contributed by atoms with Crippen LogP contribution in [0.15, 0.2) is 24.3 Å². The molecule has 1 heteroatoms. The van der Waals surface area contributed by atoms with Crippen LogP contribution in [0.4, 0.5) is 0 Å². The number of rotatable bonds is 0. The largest absolute Gasteiger partial charge is 0.242 e. The van der Waals surface area contributed by atoms with Crippen molar-refractivity contribution in [3.05, 3.63) is 35.4 Å². The normalized spacial score (nSPS) is 13.8. The molecular weight excluding hydrogens is 110 g/mol. The lowest BCUT2D eigenvalue weighted by molar-refractivity contribution is 1.01. The Kier molecular flexibility index (Phi) is 0.890. The number of nitrogens with zero attached hydrogens (tertiary/aromatic N) is 1. The van der Waals surface area contributed by atoms with Crippen LogP contribution in [0.2, 0.25) is 0 Å². The summed E-state index contributed by atoms with van der Waals surface area (Å²) in [4.78, 5) is 4.13. The maximum atomic E-state index is 4.13. The van der Waals surface area contributed by atoms with E-state index in [1.54, 1.807) is 0 Å². The molecule has 1 radical (unpaired) electrons. The van der Waals surface area contributed by atoms with E-state index < -0.39 is 0 Å². The zero-order valence-electron chi connectivity index (χ0n) is 5.04. The van der Waals surface area contributed by atoms with Gasteiger partial charge < -0.3 is 0 Å². The zero-order valence-corrected chi connectivity index (χ0v) is 5.04. The van der Waals surface area contributed by atoms with Crippen LogP contribution in [0.25, 0.3) is 0 Å². The smallest absolute Gasteiger partial charge is 0.0617 e. The Morgan fingerprint density at radius 2 is 2.11 bits per heavy atom. The highest BCUT2D eigenvalue weighted by Crippen LogP contribution is 2.08. The first kappa shape index (κ1) is 4.74. The standard InChI is InChI=1S/C8H7N/c1-2-4-8-6-9-5-7(8)3-1/h1-5H,6H2/q+1. The van der Waals surface area contributed by atoms with E-state index in [1.807, 2.05) is 18.3 Å². The summed E-state index contributed by atoms with van der Waals surface area (Å²) in [6.07, 6.45) is 1.93. The number of hydrogen-bond acceptors (Lipinski definition) is 1. The zero-order chi connectivity index (χ0) is 6.10. The van der Waals surface area contributed by atoms with Crippen molar-refractivity contribution in [3.63, 3.8) is 0 Å². The summed E-state index contributed by atoms with van der Waals surface area (Å²) in [5, 5.41) is 0. The molecule has 43 valence electrons. The van der Waals surface area contributed by atoms with Crippen LogP contribution in [0.5, 0.6) is 0 Å². The minimum atomic E-state index is 0.871. The van der Waals surface area contributed by atoms with Crippen LogP contribution >= 0.6 is 0 Å². The quantitative estimate of drug-likeness (QED) is 0.480. The second kappa shape index (κ2) is 1.69. The van der Waals surface area contributed by atoms with Gasteiger partial charge in [0, 0.05) is 10.6 Å². The van der Waals surface area contributed by atoms with Gasteiger partial charge in [-0.15, -0.1) is 0 Å². The molecule has 0 fully saturated rings. The van der Waals surface area contributed by atoms with Crippen LogP contribution in [-0.2, 0) is 6.54 Å². The highest BCUT2D eigenvalue weighted by atomic mass is 14.7. The molecule has 0 unspecified atom stereocenters. The SMILES string of the molecule is C1=[N+]Cc2ccccc21. The Morgan fingerprint density at radius 3 is 3.00 bits per heavy atom. The lowest BCUT2D eigenvalue weighted by Crippen LogP contribution is -1.80. The molecule has 0 amide bonds. The number of hydrogen-bond donors (Lipinski definition) is 0. The summed E-state index contributed by atoms with van der Waals surface area (Å²) < 4.78 is 0. The van der Waals surface area contributed by atoms with Crippen molar-refractivity contribution in [1.82, 2.24) is 4.99 Å². The van der Waals surface area contributed by atoms with Crippen molar-refractivity contribution in [2.45, 2.75) is 6.54 Å². The molecule has 0 N–H and O–H groups in total. The topological polar surface area (TPSA) is 14.1 Å². The molecule has 0 aromatic heterocycles. The fourth-order valence-electron chi connectivity index (χ4n) is 1.05. The van der Waals surface area contributed by atoms with Crippen molar-refractivity contribution < 1.29 is 0 Å². The molecule has 1 aromatic rings. The average Bonchev–Trinajstić information content (AvgIpc) is 2.33. The van der Waals surface area contributed by atoms with E-state index >= 15 is 0 Å². The fraction of sp³-hybridized carbons (Fsp3) is 0.125. The molecule has 0 bridgehead atoms. The molecule has 0 saturated carbocycles. The van der Waals surface area contributed by atoms with E-state index in [2.05, 4.69) is 17.1 Å². The Bertz CT molecular complexity index is 250. The van der Waals surface area contributed by atoms with Crippen molar-refractivity contribution in [2.24, 2.45) is 0 Å². The third-order valence-electron chi connectivity index (χ3n) is 1.55. The van der Waals surface area contributed by atoms with Crippen molar-refractivity contribution in [2.75, 3.05) is 0 Å². The minimum Gasteiger partial charge on any atom is -0.0617 e. The van der Waals surface area contributed by atoms with Gasteiger partial charge in [0.2, 0.25) is 12.8 Å². The molecule has 0 spiro atoms. The number of fused-ring (bicyclic) bond motifs is 1. The van der Waals surface area contributed by atoms with Gasteiger partial charge in [0.05, 0.1) is 5.56 Å². The van der Waals surface area contributed by atoms with Gasteiger partial charge in [-0.05, 0) is 6.07 Å². The van der Waals surface area contributed by atoms with E-state index in [4.69, 9.17) is 0 Å². The van der Waals surface area contributed by atoms with E-state index in [-0.39, 0.29) is 0 Å². The van der Waals surface area contributed by atoms with Gasteiger partial charge in [0.25, 0.3) is 0 Å². The van der Waals surface area contributed by atoms with Crippen LogP contribution in [0.1, 0.15) is 11.1 Å². The summed E-state index contributed by atoms with van der Waals surface area (Å²) in [5.74, 6) is 0. The predicted octanol–water partition coefficient (Wildman–Crippen LogP) is 0.955. The second-order valence-electron chi connectivity index (χ2n) is 2.17. The Labute approximate surface area is 54.1 Å². The van der Waals surface area contributed by atoms with Crippen LogP contribution < -0.4 is 4.99 Å². The van der Waals surface area contributed by atoms with Crippen LogP contribution in [0.3, 0.4) is 0 Å². The van der Waals surface area contributed by atoms with Crippen LogP contribution in [-0.4, -0.2) is 6.21 Å². The van der Waals surface area contributed by atoms with Gasteiger partial charge in [0.1, 0.15) is 0 Å². The molecule has 1 nitrogen and oxygen atoms in total. The molecule has 0 atom stereocenters. The number of benzene rings is 1. The maximum Gasteiger partial charge on any atom is 0.242 e. The molecular formula is C8H7N+. The summed E-state index contributed by atoms with van der Waals surface area (Å²) in [5.41, 5.74) is 2.62. The Morgan fingerprint density at radius 1 is 1.22 bits per heavy atom. The lowest BCUT2D eigenvalue weighted by atomic mass is 10.1. The minimum absolute atomic E-state index is 0.871. The molecule has 9 heavy (non-hydrogen) atoms. The Hall–Kier alpha value is -1.11. The first-order valence-electron chi connectivity index (χ1n) is 3.04. The average molecular weight is 117 g/mol. The van der Waals surface area contributed by atoms with Gasteiger partial charge in [-0.25, -0.2) is 0 Å². The van der Waals surface area contributed by atoms with E-state index in [1.165, 1.54) is 11.1 Å². The molecule has 1 heterocycles. The molecule has 1 aliphatic heterocycles.